The average Bonchev–Trinajstić information content (AvgIpc) is 2.73. The number of amides is 1. The summed E-state index contributed by atoms with van der Waals surface area (Å²) in [5.41, 5.74) is 0. The van der Waals surface area contributed by atoms with Crippen molar-refractivity contribution in [2.75, 3.05) is 19.6 Å². The fraction of sp³-hybridized carbons (Fsp3) is 0.600. The van der Waals surface area contributed by atoms with Crippen LogP contribution in [-0.4, -0.2) is 48.2 Å². The Hall–Kier alpha value is -1.41. The number of nitrogens with zero attached hydrogens (tertiary/aromatic N) is 2. The first-order valence-corrected chi connectivity index (χ1v) is 7.14. The Morgan fingerprint density at radius 1 is 1.50 bits per heavy atom. The van der Waals surface area contributed by atoms with Crippen LogP contribution in [0.3, 0.4) is 0 Å². The van der Waals surface area contributed by atoms with Gasteiger partial charge in [0, 0.05) is 13.1 Å². The number of carbonyl (C=O) groups excluding carboxylic acids is 1. The largest absolute Gasteiger partial charge is 0.355 e. The third kappa shape index (κ3) is 3.30. The highest BCUT2D eigenvalue weighted by Gasteiger charge is 2.26. The second-order valence-corrected chi connectivity index (χ2v) is 5.62. The lowest BCUT2D eigenvalue weighted by atomic mass is 10.5. The van der Waals surface area contributed by atoms with Gasteiger partial charge in [0.05, 0.1) is 12.7 Å². The third-order valence-electron chi connectivity index (χ3n) is 2.34. The highest BCUT2D eigenvalue weighted by atomic mass is 32.2. The second-order valence-electron chi connectivity index (χ2n) is 3.72. The van der Waals surface area contributed by atoms with E-state index in [0.717, 1.165) is 4.31 Å². The molecule has 0 aromatic carbocycles. The van der Waals surface area contributed by atoms with E-state index in [0.29, 0.717) is 12.4 Å². The van der Waals surface area contributed by atoms with Crippen LogP contribution < -0.4 is 5.32 Å². The molecule has 18 heavy (non-hydrogen) atoms. The average molecular weight is 274 g/mol. The molecule has 0 aliphatic heterocycles. The van der Waals surface area contributed by atoms with Crippen molar-refractivity contribution in [3.63, 3.8) is 0 Å². The standard InChI is InChI=1S/C10H18N4O3S/c1-4-11-9(15)7-14(5-2)18(16,17)10-6-12-8(3)13-10/h6H,4-5,7H2,1-3H3,(H,11,15)(H,12,13). The van der Waals surface area contributed by atoms with E-state index in [2.05, 4.69) is 15.3 Å². The van der Waals surface area contributed by atoms with E-state index in [1.54, 1.807) is 20.8 Å². The van der Waals surface area contributed by atoms with Gasteiger partial charge in [-0.05, 0) is 13.8 Å². The van der Waals surface area contributed by atoms with Crippen molar-refractivity contribution in [1.82, 2.24) is 19.6 Å². The van der Waals surface area contributed by atoms with E-state index >= 15 is 0 Å². The number of H-pyrrole nitrogens is 1. The minimum Gasteiger partial charge on any atom is -0.355 e. The predicted molar refractivity (Wildman–Crippen MR) is 66.4 cm³/mol. The van der Waals surface area contributed by atoms with Gasteiger partial charge in [-0.15, -0.1) is 0 Å². The van der Waals surface area contributed by atoms with Gasteiger partial charge < -0.3 is 10.3 Å². The highest BCUT2D eigenvalue weighted by molar-refractivity contribution is 7.89. The summed E-state index contributed by atoms with van der Waals surface area (Å²) in [6.07, 6.45) is 1.26. The number of imidazole rings is 1. The van der Waals surface area contributed by atoms with Crippen molar-refractivity contribution in [1.29, 1.82) is 0 Å². The molecule has 1 amide bonds. The fourth-order valence-corrected chi connectivity index (χ4v) is 2.82. The number of aromatic nitrogens is 2. The Labute approximate surface area is 107 Å². The molecule has 0 bridgehead atoms. The molecule has 0 aliphatic carbocycles. The zero-order valence-electron chi connectivity index (χ0n) is 10.7. The van der Waals surface area contributed by atoms with Crippen LogP contribution in [0.2, 0.25) is 0 Å². The number of aryl methyl sites for hydroxylation is 1. The molecular weight excluding hydrogens is 256 g/mol. The van der Waals surface area contributed by atoms with Gasteiger partial charge >= 0.3 is 0 Å². The van der Waals surface area contributed by atoms with E-state index in [1.807, 2.05) is 0 Å². The Bertz CT molecular complexity index is 509. The quantitative estimate of drug-likeness (QED) is 0.755. The molecule has 1 aromatic heterocycles. The summed E-state index contributed by atoms with van der Waals surface area (Å²) in [6.45, 7) is 5.63. The van der Waals surface area contributed by atoms with E-state index in [1.165, 1.54) is 6.20 Å². The molecule has 0 radical (unpaired) electrons. The number of hydrogen-bond donors (Lipinski definition) is 2. The van der Waals surface area contributed by atoms with Crippen LogP contribution in [0.4, 0.5) is 0 Å². The van der Waals surface area contributed by atoms with Crippen LogP contribution in [0.15, 0.2) is 11.2 Å². The van der Waals surface area contributed by atoms with Gasteiger partial charge in [0.25, 0.3) is 10.0 Å². The van der Waals surface area contributed by atoms with E-state index < -0.39 is 10.0 Å². The zero-order chi connectivity index (χ0) is 13.8. The number of hydrogen-bond acceptors (Lipinski definition) is 4. The second kappa shape index (κ2) is 5.96. The Balaban J connectivity index is 2.90. The van der Waals surface area contributed by atoms with Crippen molar-refractivity contribution < 1.29 is 13.2 Å². The van der Waals surface area contributed by atoms with Gasteiger partial charge in [-0.3, -0.25) is 4.79 Å². The first-order valence-electron chi connectivity index (χ1n) is 5.70. The molecule has 102 valence electrons. The monoisotopic (exact) mass is 274 g/mol. The van der Waals surface area contributed by atoms with Crippen LogP contribution >= 0.6 is 0 Å². The first-order chi connectivity index (χ1) is 8.41. The lowest BCUT2D eigenvalue weighted by Crippen LogP contribution is -2.40. The molecule has 7 nitrogen and oxygen atoms in total. The first kappa shape index (κ1) is 14.7. The van der Waals surface area contributed by atoms with Gasteiger partial charge in [-0.25, -0.2) is 13.4 Å². The fourth-order valence-electron chi connectivity index (χ4n) is 1.45. The molecule has 1 aromatic rings. The maximum Gasteiger partial charge on any atom is 0.260 e. The van der Waals surface area contributed by atoms with Crippen LogP contribution in [0.1, 0.15) is 19.7 Å². The van der Waals surface area contributed by atoms with Gasteiger partial charge in [0.1, 0.15) is 5.82 Å². The molecule has 1 rings (SSSR count). The molecule has 0 aliphatic rings. The minimum absolute atomic E-state index is 0.00569. The Kier molecular flexibility index (Phi) is 4.85. The van der Waals surface area contributed by atoms with Crippen molar-refractivity contribution in [2.45, 2.75) is 25.8 Å². The van der Waals surface area contributed by atoms with Crippen molar-refractivity contribution >= 4 is 15.9 Å². The number of nitrogens with one attached hydrogen (secondary N) is 2. The summed E-state index contributed by atoms with van der Waals surface area (Å²) in [5.74, 6) is 0.196. The lowest BCUT2D eigenvalue weighted by molar-refractivity contribution is -0.121. The molecule has 0 saturated heterocycles. The minimum atomic E-state index is -3.69. The lowest BCUT2D eigenvalue weighted by Gasteiger charge is -2.18. The third-order valence-corrected chi connectivity index (χ3v) is 4.17. The van der Waals surface area contributed by atoms with Gasteiger partial charge in [0.2, 0.25) is 5.91 Å². The van der Waals surface area contributed by atoms with Crippen molar-refractivity contribution in [3.05, 3.63) is 12.0 Å². The van der Waals surface area contributed by atoms with E-state index in [4.69, 9.17) is 0 Å². The molecule has 1 heterocycles. The van der Waals surface area contributed by atoms with Crippen molar-refractivity contribution in [3.8, 4) is 0 Å². The van der Waals surface area contributed by atoms with Crippen LogP contribution in [-0.2, 0) is 14.8 Å². The van der Waals surface area contributed by atoms with E-state index in [-0.39, 0.29) is 24.0 Å². The molecule has 0 fully saturated rings. The maximum absolute atomic E-state index is 12.2. The van der Waals surface area contributed by atoms with Crippen LogP contribution in [0, 0.1) is 6.92 Å². The molecular formula is C10H18N4O3S. The summed E-state index contributed by atoms with van der Waals surface area (Å²) in [4.78, 5) is 18.0. The topological polar surface area (TPSA) is 95.2 Å². The van der Waals surface area contributed by atoms with E-state index in [9.17, 15) is 13.2 Å². The van der Waals surface area contributed by atoms with Gasteiger partial charge in [-0.2, -0.15) is 4.31 Å². The van der Waals surface area contributed by atoms with Crippen LogP contribution in [0.5, 0.6) is 0 Å². The zero-order valence-corrected chi connectivity index (χ0v) is 11.5. The summed E-state index contributed by atoms with van der Waals surface area (Å²) in [5, 5.41) is 2.57. The van der Waals surface area contributed by atoms with Gasteiger partial charge in [-0.1, -0.05) is 6.92 Å². The smallest absolute Gasteiger partial charge is 0.260 e. The molecule has 2 N–H and O–H groups in total. The van der Waals surface area contributed by atoms with Crippen molar-refractivity contribution in [2.24, 2.45) is 0 Å². The summed E-state index contributed by atoms with van der Waals surface area (Å²) in [7, 11) is -3.69. The molecule has 0 atom stereocenters. The SMILES string of the molecule is CCNC(=O)CN(CC)S(=O)(=O)c1cnc(C)[nH]1. The summed E-state index contributed by atoms with van der Waals surface area (Å²) in [6, 6.07) is 0. The predicted octanol–water partition coefficient (Wildman–Crippen LogP) is -0.135. The Morgan fingerprint density at radius 3 is 2.61 bits per heavy atom. The van der Waals surface area contributed by atoms with Crippen LogP contribution in [0.25, 0.3) is 0 Å². The maximum atomic E-state index is 12.2. The number of sulfonamides is 1. The number of likely N-dealkylation sites (N-methyl/N-ethyl adjacent to an activating group) is 2. The molecule has 8 heteroatoms. The molecule has 0 saturated carbocycles. The summed E-state index contributed by atoms with van der Waals surface area (Å²) < 4.78 is 25.5. The number of rotatable bonds is 6. The van der Waals surface area contributed by atoms with Gasteiger partial charge in [0.15, 0.2) is 5.03 Å². The summed E-state index contributed by atoms with van der Waals surface area (Å²) >= 11 is 0. The highest BCUT2D eigenvalue weighted by Crippen LogP contribution is 2.12. The molecule has 0 unspecified atom stereocenters. The molecule has 0 spiro atoms. The Morgan fingerprint density at radius 2 is 2.17 bits per heavy atom. The number of aromatic amines is 1. The normalized spacial score (nSPS) is 11.8. The number of carbonyl (C=O) groups is 1.